The largest absolute Gasteiger partial charge is 0.378 e. The highest BCUT2D eigenvalue weighted by Crippen LogP contribution is 2.22. The van der Waals surface area contributed by atoms with E-state index < -0.39 is 0 Å². The first-order valence-electron chi connectivity index (χ1n) is 10.0. The molecular formula is C23H31N3O2. The maximum Gasteiger partial charge on any atom is 0.317 e. The van der Waals surface area contributed by atoms with E-state index in [4.69, 9.17) is 4.74 Å². The number of benzene rings is 2. The lowest BCUT2D eigenvalue weighted by Crippen LogP contribution is -2.40. The molecule has 1 N–H and O–H groups in total. The molecule has 2 aromatic carbocycles. The fraction of sp³-hybridized carbons (Fsp3) is 0.435. The van der Waals surface area contributed by atoms with Gasteiger partial charge in [-0.25, -0.2) is 4.79 Å². The summed E-state index contributed by atoms with van der Waals surface area (Å²) in [6, 6.07) is 18.6. The number of amides is 2. The van der Waals surface area contributed by atoms with Crippen LogP contribution in [0.1, 0.15) is 31.0 Å². The summed E-state index contributed by atoms with van der Waals surface area (Å²) < 4.78 is 5.41. The van der Waals surface area contributed by atoms with Crippen LogP contribution in [0.25, 0.3) is 0 Å². The second-order valence-corrected chi connectivity index (χ2v) is 7.70. The first-order valence-corrected chi connectivity index (χ1v) is 10.0. The average Bonchev–Trinajstić information content (AvgIpc) is 2.73. The molecule has 0 aliphatic carbocycles. The van der Waals surface area contributed by atoms with Gasteiger partial charge in [0.1, 0.15) is 0 Å². The zero-order valence-electron chi connectivity index (χ0n) is 17.1. The molecule has 28 heavy (non-hydrogen) atoms. The predicted octanol–water partition coefficient (Wildman–Crippen LogP) is 4.06. The van der Waals surface area contributed by atoms with Gasteiger partial charge in [-0.15, -0.1) is 0 Å². The zero-order valence-corrected chi connectivity index (χ0v) is 17.1. The molecule has 1 aliphatic heterocycles. The monoisotopic (exact) mass is 381 g/mol. The summed E-state index contributed by atoms with van der Waals surface area (Å²) in [7, 11) is 1.84. The van der Waals surface area contributed by atoms with Gasteiger partial charge in [0.05, 0.1) is 19.3 Å². The maximum atomic E-state index is 12.7. The van der Waals surface area contributed by atoms with Crippen molar-refractivity contribution in [3.63, 3.8) is 0 Å². The van der Waals surface area contributed by atoms with E-state index in [2.05, 4.69) is 60.5 Å². The van der Waals surface area contributed by atoms with Crippen molar-refractivity contribution in [1.29, 1.82) is 0 Å². The van der Waals surface area contributed by atoms with E-state index in [-0.39, 0.29) is 12.1 Å². The van der Waals surface area contributed by atoms with Gasteiger partial charge >= 0.3 is 6.03 Å². The first-order chi connectivity index (χ1) is 13.5. The Balaban J connectivity index is 1.58. The molecule has 1 saturated heterocycles. The third kappa shape index (κ3) is 5.26. The fourth-order valence-electron chi connectivity index (χ4n) is 3.52. The zero-order chi connectivity index (χ0) is 19.9. The van der Waals surface area contributed by atoms with Crippen molar-refractivity contribution in [2.24, 2.45) is 5.92 Å². The third-order valence-corrected chi connectivity index (χ3v) is 5.18. The van der Waals surface area contributed by atoms with Crippen LogP contribution >= 0.6 is 0 Å². The molecule has 0 bridgehead atoms. The number of carbonyl (C=O) groups excluding carboxylic acids is 1. The van der Waals surface area contributed by atoms with E-state index in [0.29, 0.717) is 12.5 Å². The fourth-order valence-corrected chi connectivity index (χ4v) is 3.52. The summed E-state index contributed by atoms with van der Waals surface area (Å²) in [4.78, 5) is 16.8. The van der Waals surface area contributed by atoms with E-state index in [1.807, 2.05) is 25.2 Å². The Hall–Kier alpha value is -2.53. The lowest BCUT2D eigenvalue weighted by atomic mass is 9.96. The standard InChI is InChI=1S/C23H31N3O2/c1-18(2)22(20-7-5-4-6-8-20)24-23(27)25(3)17-19-9-11-21(12-10-19)26-13-15-28-16-14-26/h4-12,18,22H,13-17H2,1-3H3,(H,24,27). The maximum absolute atomic E-state index is 12.7. The van der Waals surface area contributed by atoms with Crippen molar-refractivity contribution >= 4 is 11.7 Å². The van der Waals surface area contributed by atoms with Gasteiger partial charge in [-0.2, -0.15) is 0 Å². The molecule has 1 unspecified atom stereocenters. The number of hydrogen-bond acceptors (Lipinski definition) is 3. The van der Waals surface area contributed by atoms with E-state index in [9.17, 15) is 4.79 Å². The number of nitrogens with one attached hydrogen (secondary N) is 1. The van der Waals surface area contributed by atoms with Crippen LogP contribution in [0.2, 0.25) is 0 Å². The van der Waals surface area contributed by atoms with Crippen LogP contribution in [-0.4, -0.2) is 44.3 Å². The topological polar surface area (TPSA) is 44.8 Å². The SMILES string of the molecule is CC(C)C(NC(=O)N(C)Cc1ccc(N2CCOCC2)cc1)c1ccccc1. The van der Waals surface area contributed by atoms with Gasteiger partial charge in [-0.3, -0.25) is 0 Å². The minimum Gasteiger partial charge on any atom is -0.378 e. The van der Waals surface area contributed by atoms with Crippen molar-refractivity contribution in [3.05, 3.63) is 65.7 Å². The summed E-state index contributed by atoms with van der Waals surface area (Å²) >= 11 is 0. The Morgan fingerprint density at radius 1 is 1.07 bits per heavy atom. The van der Waals surface area contributed by atoms with Gasteiger partial charge in [0.2, 0.25) is 0 Å². The van der Waals surface area contributed by atoms with E-state index >= 15 is 0 Å². The minimum absolute atomic E-state index is 0.000142. The highest BCUT2D eigenvalue weighted by Gasteiger charge is 2.20. The van der Waals surface area contributed by atoms with Gasteiger partial charge in [-0.05, 0) is 29.2 Å². The van der Waals surface area contributed by atoms with Crippen molar-refractivity contribution < 1.29 is 9.53 Å². The lowest BCUT2D eigenvalue weighted by Gasteiger charge is -2.29. The summed E-state index contributed by atoms with van der Waals surface area (Å²) in [5.74, 6) is 0.313. The Morgan fingerprint density at radius 3 is 2.32 bits per heavy atom. The third-order valence-electron chi connectivity index (χ3n) is 5.18. The van der Waals surface area contributed by atoms with Gasteiger partial charge in [0, 0.05) is 32.4 Å². The molecule has 0 saturated carbocycles. The minimum atomic E-state index is -0.0557. The van der Waals surface area contributed by atoms with Gasteiger partial charge in [0.25, 0.3) is 0 Å². The summed E-state index contributed by atoms with van der Waals surface area (Å²) in [5, 5.41) is 3.18. The molecule has 0 aromatic heterocycles. The molecule has 150 valence electrons. The molecule has 5 heteroatoms. The van der Waals surface area contributed by atoms with Crippen LogP contribution in [0.5, 0.6) is 0 Å². The number of nitrogens with zero attached hydrogens (tertiary/aromatic N) is 2. The Labute approximate surface area is 168 Å². The normalized spacial score (nSPS) is 15.4. The molecule has 5 nitrogen and oxygen atoms in total. The number of anilines is 1. The summed E-state index contributed by atoms with van der Waals surface area (Å²) in [6.45, 7) is 8.25. The van der Waals surface area contributed by atoms with Gasteiger partial charge in [-0.1, -0.05) is 56.3 Å². The van der Waals surface area contributed by atoms with Crippen LogP contribution in [-0.2, 0) is 11.3 Å². The van der Waals surface area contributed by atoms with Crippen molar-refractivity contribution in [1.82, 2.24) is 10.2 Å². The van der Waals surface area contributed by atoms with Crippen LogP contribution in [0.15, 0.2) is 54.6 Å². The van der Waals surface area contributed by atoms with Crippen molar-refractivity contribution in [3.8, 4) is 0 Å². The predicted molar refractivity (Wildman–Crippen MR) is 113 cm³/mol. The number of urea groups is 1. The molecule has 1 heterocycles. The molecule has 1 atom stereocenters. The van der Waals surface area contributed by atoms with E-state index in [1.54, 1.807) is 4.90 Å². The molecule has 2 amide bonds. The molecule has 0 radical (unpaired) electrons. The van der Waals surface area contributed by atoms with E-state index in [1.165, 1.54) is 5.69 Å². The molecule has 1 fully saturated rings. The van der Waals surface area contributed by atoms with Crippen LogP contribution in [0, 0.1) is 5.92 Å². The molecular weight excluding hydrogens is 350 g/mol. The van der Waals surface area contributed by atoms with E-state index in [0.717, 1.165) is 37.4 Å². The van der Waals surface area contributed by atoms with Crippen LogP contribution < -0.4 is 10.2 Å². The van der Waals surface area contributed by atoms with Crippen LogP contribution in [0.3, 0.4) is 0 Å². The number of ether oxygens (including phenoxy) is 1. The van der Waals surface area contributed by atoms with Crippen LogP contribution in [0.4, 0.5) is 10.5 Å². The van der Waals surface area contributed by atoms with Gasteiger partial charge < -0.3 is 19.9 Å². The molecule has 0 spiro atoms. The number of hydrogen-bond donors (Lipinski definition) is 1. The number of carbonyl (C=O) groups is 1. The Morgan fingerprint density at radius 2 is 1.71 bits per heavy atom. The first kappa shape index (κ1) is 20.2. The Kier molecular flexibility index (Phi) is 6.93. The second kappa shape index (κ2) is 9.60. The average molecular weight is 382 g/mol. The van der Waals surface area contributed by atoms with Gasteiger partial charge in [0.15, 0.2) is 0 Å². The number of rotatable bonds is 6. The highest BCUT2D eigenvalue weighted by atomic mass is 16.5. The quantitative estimate of drug-likeness (QED) is 0.821. The molecule has 2 aromatic rings. The molecule has 3 rings (SSSR count). The smallest absolute Gasteiger partial charge is 0.317 e. The second-order valence-electron chi connectivity index (χ2n) is 7.70. The highest BCUT2D eigenvalue weighted by molar-refractivity contribution is 5.74. The van der Waals surface area contributed by atoms with Crippen molar-refractivity contribution in [2.45, 2.75) is 26.4 Å². The van der Waals surface area contributed by atoms with Crippen molar-refractivity contribution in [2.75, 3.05) is 38.3 Å². The lowest BCUT2D eigenvalue weighted by molar-refractivity contribution is 0.122. The number of morpholine rings is 1. The Bertz CT molecular complexity index is 740. The molecule has 1 aliphatic rings. The summed E-state index contributed by atoms with van der Waals surface area (Å²) in [5.41, 5.74) is 3.47. The summed E-state index contributed by atoms with van der Waals surface area (Å²) in [6.07, 6.45) is 0.